The van der Waals surface area contributed by atoms with Gasteiger partial charge in [0.1, 0.15) is 11.5 Å². The molecular weight excluding hydrogens is 422 g/mol. The Kier molecular flexibility index (Phi) is 5.23. The summed E-state index contributed by atoms with van der Waals surface area (Å²) < 4.78 is 17.8. The summed E-state index contributed by atoms with van der Waals surface area (Å²) >= 11 is 0. The second-order valence-corrected chi connectivity index (χ2v) is 8.74. The van der Waals surface area contributed by atoms with E-state index in [2.05, 4.69) is 89.8 Å². The summed E-state index contributed by atoms with van der Waals surface area (Å²) in [5.74, 6) is 1.71. The Morgan fingerprint density at radius 1 is 0.794 bits per heavy atom. The molecule has 1 unspecified atom stereocenters. The monoisotopic (exact) mass is 449 g/mol. The predicted octanol–water partition coefficient (Wildman–Crippen LogP) is 6.03. The zero-order valence-corrected chi connectivity index (χ0v) is 19.2. The minimum absolute atomic E-state index is 0.731. The lowest BCUT2D eigenvalue weighted by Crippen LogP contribution is -2.36. The Bertz CT molecular complexity index is 1340. The average Bonchev–Trinajstić information content (AvgIpc) is 2.93. The molecule has 0 radical (unpaired) electrons. The molecule has 170 valence electrons. The first-order valence-corrected chi connectivity index (χ1v) is 11.7. The molecule has 2 heterocycles. The second-order valence-electron chi connectivity index (χ2n) is 8.74. The summed E-state index contributed by atoms with van der Waals surface area (Å²) in [7, 11) is 1.69. The predicted molar refractivity (Wildman–Crippen MR) is 137 cm³/mol. The Labute approximate surface area is 200 Å². The van der Waals surface area contributed by atoms with Gasteiger partial charge in [-0.25, -0.2) is 0 Å². The number of nitrogens with zero attached hydrogens (tertiary/aromatic N) is 1. The zero-order chi connectivity index (χ0) is 23.0. The molecular formula is C30H27NO3. The van der Waals surface area contributed by atoms with Crippen LogP contribution in [0, 0.1) is 0 Å². The van der Waals surface area contributed by atoms with Gasteiger partial charge >= 0.3 is 0 Å². The molecule has 1 fully saturated rings. The largest absolute Gasteiger partial charge is 0.497 e. The van der Waals surface area contributed by atoms with Crippen molar-refractivity contribution >= 4 is 22.5 Å². The van der Waals surface area contributed by atoms with E-state index in [0.717, 1.165) is 54.5 Å². The molecule has 1 saturated heterocycles. The molecule has 0 amide bonds. The molecule has 0 aliphatic carbocycles. The first kappa shape index (κ1) is 20.8. The van der Waals surface area contributed by atoms with E-state index >= 15 is 0 Å². The molecule has 0 saturated carbocycles. The summed E-state index contributed by atoms with van der Waals surface area (Å²) in [5.41, 5.74) is 3.74. The number of fused-ring (bicyclic) bond motifs is 3. The molecule has 34 heavy (non-hydrogen) atoms. The van der Waals surface area contributed by atoms with Gasteiger partial charge in [-0.15, -0.1) is 0 Å². The van der Waals surface area contributed by atoms with Crippen LogP contribution in [0.1, 0.15) is 16.7 Å². The van der Waals surface area contributed by atoms with E-state index in [1.165, 1.54) is 16.5 Å². The number of morpholine rings is 1. The maximum Gasteiger partial charge on any atom is 0.178 e. The summed E-state index contributed by atoms with van der Waals surface area (Å²) in [6, 6.07) is 29.6. The van der Waals surface area contributed by atoms with Crippen molar-refractivity contribution in [2.45, 2.75) is 5.60 Å². The van der Waals surface area contributed by atoms with Gasteiger partial charge in [-0.05, 0) is 53.3 Å². The normalized spacial score (nSPS) is 19.5. The van der Waals surface area contributed by atoms with Crippen LogP contribution >= 0.6 is 0 Å². The Balaban J connectivity index is 1.45. The molecule has 2 aliphatic heterocycles. The van der Waals surface area contributed by atoms with Crippen molar-refractivity contribution < 1.29 is 14.2 Å². The highest BCUT2D eigenvalue weighted by molar-refractivity contribution is 5.94. The lowest BCUT2D eigenvalue weighted by atomic mass is 9.83. The maximum absolute atomic E-state index is 6.90. The molecule has 4 nitrogen and oxygen atoms in total. The number of hydrogen-bond donors (Lipinski definition) is 0. The molecule has 1 atom stereocenters. The highest BCUT2D eigenvalue weighted by Crippen LogP contribution is 2.44. The molecule has 4 aromatic carbocycles. The molecule has 4 heteroatoms. The van der Waals surface area contributed by atoms with Gasteiger partial charge in [0.15, 0.2) is 5.60 Å². The number of anilines is 1. The first-order valence-electron chi connectivity index (χ1n) is 11.7. The third-order valence-electron chi connectivity index (χ3n) is 6.88. The van der Waals surface area contributed by atoms with Crippen molar-refractivity contribution in [2.75, 3.05) is 38.3 Å². The van der Waals surface area contributed by atoms with Gasteiger partial charge in [0.05, 0.1) is 20.3 Å². The first-order chi connectivity index (χ1) is 16.8. The quantitative estimate of drug-likeness (QED) is 0.380. The molecule has 4 aromatic rings. The standard InChI is InChI=1S/C30H27NO3/c1-32-26-13-9-24(10-14-26)30(23-7-11-25(12-8-23)31-18-20-33-21-19-31)17-16-28-27-5-3-2-4-22(27)6-15-29(28)34-30/h2-17H,18-21H2,1H3. The molecule has 2 aliphatic rings. The van der Waals surface area contributed by atoms with E-state index in [4.69, 9.17) is 14.2 Å². The Hall–Kier alpha value is -3.76. The van der Waals surface area contributed by atoms with Gasteiger partial charge in [-0.2, -0.15) is 0 Å². The van der Waals surface area contributed by atoms with E-state index in [1.807, 2.05) is 12.1 Å². The minimum atomic E-state index is -0.731. The van der Waals surface area contributed by atoms with Crippen LogP contribution in [0.3, 0.4) is 0 Å². The molecule has 0 spiro atoms. The number of benzene rings is 4. The average molecular weight is 450 g/mol. The van der Waals surface area contributed by atoms with E-state index < -0.39 is 5.60 Å². The van der Waals surface area contributed by atoms with Gasteiger partial charge < -0.3 is 19.1 Å². The van der Waals surface area contributed by atoms with Gasteiger partial charge in [-0.3, -0.25) is 0 Å². The van der Waals surface area contributed by atoms with Crippen LogP contribution in [0.2, 0.25) is 0 Å². The highest BCUT2D eigenvalue weighted by atomic mass is 16.5. The van der Waals surface area contributed by atoms with Gasteiger partial charge in [-0.1, -0.05) is 54.6 Å². The van der Waals surface area contributed by atoms with Crippen LogP contribution in [-0.2, 0) is 10.3 Å². The van der Waals surface area contributed by atoms with Crippen LogP contribution in [0.5, 0.6) is 11.5 Å². The van der Waals surface area contributed by atoms with Crippen LogP contribution in [0.25, 0.3) is 16.8 Å². The van der Waals surface area contributed by atoms with Gasteiger partial charge in [0.25, 0.3) is 0 Å². The lowest BCUT2D eigenvalue weighted by molar-refractivity contribution is 0.122. The highest BCUT2D eigenvalue weighted by Gasteiger charge is 2.37. The van der Waals surface area contributed by atoms with E-state index in [-0.39, 0.29) is 0 Å². The Morgan fingerprint density at radius 3 is 2.24 bits per heavy atom. The van der Waals surface area contributed by atoms with Gasteiger partial charge in [0, 0.05) is 35.5 Å². The molecule has 0 aromatic heterocycles. The maximum atomic E-state index is 6.90. The van der Waals surface area contributed by atoms with E-state index in [1.54, 1.807) is 7.11 Å². The van der Waals surface area contributed by atoms with Crippen molar-refractivity contribution in [2.24, 2.45) is 0 Å². The minimum Gasteiger partial charge on any atom is -0.497 e. The Morgan fingerprint density at radius 2 is 1.50 bits per heavy atom. The number of methoxy groups -OCH3 is 1. The van der Waals surface area contributed by atoms with Crippen LogP contribution in [-0.4, -0.2) is 33.4 Å². The van der Waals surface area contributed by atoms with Crippen LogP contribution in [0.15, 0.2) is 91.0 Å². The molecule has 0 bridgehead atoms. The van der Waals surface area contributed by atoms with Crippen molar-refractivity contribution in [1.29, 1.82) is 0 Å². The fraction of sp³-hybridized carbons (Fsp3) is 0.200. The molecule has 0 N–H and O–H groups in total. The van der Waals surface area contributed by atoms with E-state index in [0.29, 0.717) is 0 Å². The summed E-state index contributed by atoms with van der Waals surface area (Å²) in [6.07, 6.45) is 4.40. The van der Waals surface area contributed by atoms with Crippen molar-refractivity contribution in [1.82, 2.24) is 0 Å². The lowest BCUT2D eigenvalue weighted by Gasteiger charge is -2.37. The van der Waals surface area contributed by atoms with Crippen LogP contribution < -0.4 is 14.4 Å². The van der Waals surface area contributed by atoms with Crippen LogP contribution in [0.4, 0.5) is 5.69 Å². The zero-order valence-electron chi connectivity index (χ0n) is 19.2. The second kappa shape index (κ2) is 8.54. The SMILES string of the molecule is COc1ccc(C2(c3ccc(N4CCOCC4)cc3)C=Cc3c(ccc4ccccc34)O2)cc1. The number of rotatable bonds is 4. The fourth-order valence-corrected chi connectivity index (χ4v) is 5.00. The summed E-state index contributed by atoms with van der Waals surface area (Å²) in [5, 5.41) is 2.41. The topological polar surface area (TPSA) is 30.9 Å². The van der Waals surface area contributed by atoms with E-state index in [9.17, 15) is 0 Å². The van der Waals surface area contributed by atoms with Crippen molar-refractivity contribution in [3.63, 3.8) is 0 Å². The smallest absolute Gasteiger partial charge is 0.178 e. The summed E-state index contributed by atoms with van der Waals surface area (Å²) in [4.78, 5) is 2.37. The third kappa shape index (κ3) is 3.51. The summed E-state index contributed by atoms with van der Waals surface area (Å²) in [6.45, 7) is 3.38. The van der Waals surface area contributed by atoms with Crippen molar-refractivity contribution in [3.8, 4) is 11.5 Å². The number of ether oxygens (including phenoxy) is 3. The third-order valence-corrected chi connectivity index (χ3v) is 6.88. The van der Waals surface area contributed by atoms with Gasteiger partial charge in [0.2, 0.25) is 0 Å². The fourth-order valence-electron chi connectivity index (χ4n) is 5.00. The number of hydrogen-bond acceptors (Lipinski definition) is 4. The molecule has 6 rings (SSSR count). The van der Waals surface area contributed by atoms with Crippen molar-refractivity contribution in [3.05, 3.63) is 108 Å².